The van der Waals surface area contributed by atoms with E-state index in [1.807, 2.05) is 12.1 Å². The number of rotatable bonds is 9. The van der Waals surface area contributed by atoms with Gasteiger partial charge in [0.05, 0.1) is 26.0 Å². The number of furan rings is 1. The molecule has 0 aromatic carbocycles. The van der Waals surface area contributed by atoms with Crippen LogP contribution in [0.3, 0.4) is 0 Å². The van der Waals surface area contributed by atoms with Gasteiger partial charge >= 0.3 is 0 Å². The molecule has 1 atom stereocenters. The summed E-state index contributed by atoms with van der Waals surface area (Å²) in [5, 5.41) is 11.7. The quantitative estimate of drug-likeness (QED) is 0.352. The summed E-state index contributed by atoms with van der Waals surface area (Å²) < 4.78 is 12.9. The number of ether oxygens (including phenoxy) is 1. The summed E-state index contributed by atoms with van der Waals surface area (Å²) in [5.74, 6) is 3.89. The Morgan fingerprint density at radius 2 is 2.23 bits per heavy atom. The van der Waals surface area contributed by atoms with E-state index in [0.717, 1.165) is 108 Å². The van der Waals surface area contributed by atoms with Gasteiger partial charge in [0.2, 0.25) is 0 Å². The molecule has 2 aromatic heterocycles. The molecule has 2 aromatic rings. The average molecular weight is 430 g/mol. The second-order valence-electron chi connectivity index (χ2n) is 8.15. The van der Waals surface area contributed by atoms with Gasteiger partial charge in [-0.1, -0.05) is 6.92 Å². The van der Waals surface area contributed by atoms with Gasteiger partial charge in [0.1, 0.15) is 11.6 Å². The third-order valence-corrected chi connectivity index (χ3v) is 5.81. The van der Waals surface area contributed by atoms with Crippen LogP contribution in [-0.4, -0.2) is 77.6 Å². The van der Waals surface area contributed by atoms with E-state index in [1.54, 1.807) is 6.26 Å². The van der Waals surface area contributed by atoms with Gasteiger partial charge in [0.15, 0.2) is 11.8 Å². The Labute approximate surface area is 184 Å². The Bertz CT molecular complexity index is 812. The summed E-state index contributed by atoms with van der Waals surface area (Å²) in [5.41, 5.74) is 0. The lowest BCUT2D eigenvalue weighted by molar-refractivity contribution is 0.0377. The molecule has 9 heteroatoms. The van der Waals surface area contributed by atoms with E-state index in [9.17, 15) is 0 Å². The number of hydrogen-bond donors (Lipinski definition) is 2. The Balaban J connectivity index is 1.29. The number of guanidine groups is 1. The third kappa shape index (κ3) is 6.54. The normalized spacial score (nSPS) is 19.9. The van der Waals surface area contributed by atoms with E-state index in [2.05, 4.69) is 37.2 Å². The zero-order chi connectivity index (χ0) is 21.3. The standard InChI is InChI=1S/C22H35N7O2/c1-2-20-26-21-7-6-18(17-29(21)27-20)25-22(24-10-8-19-5-3-14-31-19)23-9-4-11-28-12-15-30-16-13-28/h3,5,14,18H,2,4,6-13,15-17H2,1H3,(H2,23,24,25). The molecule has 0 amide bonds. The first-order valence-corrected chi connectivity index (χ1v) is 11.6. The highest BCUT2D eigenvalue weighted by atomic mass is 16.5. The Hall–Kier alpha value is -2.39. The smallest absolute Gasteiger partial charge is 0.191 e. The van der Waals surface area contributed by atoms with Crippen LogP contribution in [0.15, 0.2) is 27.8 Å². The monoisotopic (exact) mass is 429 g/mol. The van der Waals surface area contributed by atoms with Gasteiger partial charge in [-0.2, -0.15) is 5.10 Å². The van der Waals surface area contributed by atoms with Crippen molar-refractivity contribution in [3.8, 4) is 0 Å². The number of nitrogens with zero attached hydrogens (tertiary/aromatic N) is 5. The van der Waals surface area contributed by atoms with Crippen LogP contribution >= 0.6 is 0 Å². The first-order valence-electron chi connectivity index (χ1n) is 11.6. The lowest BCUT2D eigenvalue weighted by Crippen LogP contribution is -2.47. The van der Waals surface area contributed by atoms with Gasteiger partial charge in [-0.15, -0.1) is 0 Å². The molecule has 0 spiro atoms. The maximum absolute atomic E-state index is 5.45. The summed E-state index contributed by atoms with van der Waals surface area (Å²) in [4.78, 5) is 11.9. The van der Waals surface area contributed by atoms with E-state index in [1.165, 1.54) is 0 Å². The third-order valence-electron chi connectivity index (χ3n) is 5.81. The molecule has 4 rings (SSSR count). The molecule has 9 nitrogen and oxygen atoms in total. The van der Waals surface area contributed by atoms with Crippen molar-refractivity contribution < 1.29 is 9.15 Å². The van der Waals surface area contributed by atoms with Crippen molar-refractivity contribution in [2.24, 2.45) is 4.99 Å². The minimum Gasteiger partial charge on any atom is -0.469 e. The van der Waals surface area contributed by atoms with Gasteiger partial charge in [-0.05, 0) is 25.0 Å². The van der Waals surface area contributed by atoms with Crippen LogP contribution in [0.2, 0.25) is 0 Å². The van der Waals surface area contributed by atoms with Crippen LogP contribution in [0.5, 0.6) is 0 Å². The fourth-order valence-corrected chi connectivity index (χ4v) is 4.04. The van der Waals surface area contributed by atoms with Crippen molar-refractivity contribution in [1.29, 1.82) is 0 Å². The van der Waals surface area contributed by atoms with Crippen LogP contribution in [0, 0.1) is 0 Å². The lowest BCUT2D eigenvalue weighted by atomic mass is 10.1. The van der Waals surface area contributed by atoms with E-state index in [4.69, 9.17) is 14.1 Å². The summed E-state index contributed by atoms with van der Waals surface area (Å²) in [6.07, 6.45) is 6.46. The highest BCUT2D eigenvalue weighted by Crippen LogP contribution is 2.13. The molecule has 0 aliphatic carbocycles. The van der Waals surface area contributed by atoms with Crippen LogP contribution in [0.25, 0.3) is 0 Å². The lowest BCUT2D eigenvalue weighted by Gasteiger charge is -2.26. The number of morpholine rings is 1. The molecule has 31 heavy (non-hydrogen) atoms. The molecule has 4 heterocycles. The second kappa shape index (κ2) is 11.3. The topological polar surface area (TPSA) is 92.7 Å². The van der Waals surface area contributed by atoms with Crippen LogP contribution in [0.4, 0.5) is 0 Å². The van der Waals surface area contributed by atoms with Crippen molar-refractivity contribution in [1.82, 2.24) is 30.3 Å². The molecule has 2 N–H and O–H groups in total. The van der Waals surface area contributed by atoms with Gasteiger partial charge < -0.3 is 19.8 Å². The first kappa shape index (κ1) is 21.8. The van der Waals surface area contributed by atoms with E-state index in [0.29, 0.717) is 6.04 Å². The molecule has 1 fully saturated rings. The molecule has 0 radical (unpaired) electrons. The van der Waals surface area contributed by atoms with Gasteiger partial charge in [0.25, 0.3) is 0 Å². The van der Waals surface area contributed by atoms with Crippen molar-refractivity contribution in [2.45, 2.75) is 51.6 Å². The Kier molecular flexibility index (Phi) is 7.95. The zero-order valence-electron chi connectivity index (χ0n) is 18.6. The number of aromatic nitrogens is 3. The predicted octanol–water partition coefficient (Wildman–Crippen LogP) is 1.25. The maximum Gasteiger partial charge on any atom is 0.191 e. The number of aliphatic imine (C=N–C) groups is 1. The minimum absolute atomic E-state index is 0.299. The minimum atomic E-state index is 0.299. The van der Waals surface area contributed by atoms with E-state index < -0.39 is 0 Å². The molecule has 0 bridgehead atoms. The molecule has 1 unspecified atom stereocenters. The molecular weight excluding hydrogens is 394 g/mol. The number of aryl methyl sites for hydroxylation is 2. The van der Waals surface area contributed by atoms with Crippen LogP contribution < -0.4 is 10.6 Å². The fraction of sp³-hybridized carbons (Fsp3) is 0.682. The molecule has 1 saturated heterocycles. The zero-order valence-corrected chi connectivity index (χ0v) is 18.6. The number of fused-ring (bicyclic) bond motifs is 1. The summed E-state index contributed by atoms with van der Waals surface area (Å²) in [6, 6.07) is 4.23. The highest BCUT2D eigenvalue weighted by Gasteiger charge is 2.22. The van der Waals surface area contributed by atoms with Crippen molar-refractivity contribution in [3.63, 3.8) is 0 Å². The van der Waals surface area contributed by atoms with Crippen LogP contribution in [-0.2, 0) is 30.5 Å². The van der Waals surface area contributed by atoms with Crippen LogP contribution in [0.1, 0.15) is 37.2 Å². The average Bonchev–Trinajstić information content (AvgIpc) is 3.46. The maximum atomic E-state index is 5.45. The van der Waals surface area contributed by atoms with Gasteiger partial charge in [-0.3, -0.25) is 9.89 Å². The van der Waals surface area contributed by atoms with Gasteiger partial charge in [0, 0.05) is 58.0 Å². The van der Waals surface area contributed by atoms with E-state index >= 15 is 0 Å². The molecule has 170 valence electrons. The molecular formula is C22H35N7O2. The summed E-state index contributed by atoms with van der Waals surface area (Å²) >= 11 is 0. The number of hydrogen-bond acceptors (Lipinski definition) is 6. The first-order chi connectivity index (χ1) is 15.3. The van der Waals surface area contributed by atoms with Crippen molar-refractivity contribution in [3.05, 3.63) is 35.8 Å². The van der Waals surface area contributed by atoms with Gasteiger partial charge in [-0.25, -0.2) is 9.67 Å². The van der Waals surface area contributed by atoms with Crippen molar-refractivity contribution >= 4 is 5.96 Å². The summed E-state index contributed by atoms with van der Waals surface area (Å²) in [7, 11) is 0. The Morgan fingerprint density at radius 3 is 3.03 bits per heavy atom. The highest BCUT2D eigenvalue weighted by molar-refractivity contribution is 5.80. The molecule has 0 saturated carbocycles. The molecule has 2 aliphatic rings. The largest absolute Gasteiger partial charge is 0.469 e. The fourth-order valence-electron chi connectivity index (χ4n) is 4.04. The second-order valence-corrected chi connectivity index (χ2v) is 8.15. The Morgan fingerprint density at radius 1 is 1.32 bits per heavy atom. The summed E-state index contributed by atoms with van der Waals surface area (Å²) in [6.45, 7) is 9.32. The predicted molar refractivity (Wildman–Crippen MR) is 119 cm³/mol. The molecule has 2 aliphatic heterocycles. The SMILES string of the molecule is CCc1nc2n(n1)CC(NC(=NCCCN1CCOCC1)NCCc1ccco1)CC2. The number of nitrogens with one attached hydrogen (secondary N) is 2. The van der Waals surface area contributed by atoms with Crippen molar-refractivity contribution in [2.75, 3.05) is 45.9 Å². The van der Waals surface area contributed by atoms with E-state index in [-0.39, 0.29) is 0 Å².